The van der Waals surface area contributed by atoms with Gasteiger partial charge in [0.1, 0.15) is 5.82 Å². The summed E-state index contributed by atoms with van der Waals surface area (Å²) in [6.07, 6.45) is 7.32. The fourth-order valence-electron chi connectivity index (χ4n) is 4.69. The minimum Gasteiger partial charge on any atom is -0.338 e. The lowest BCUT2D eigenvalue weighted by Gasteiger charge is -2.23. The zero-order chi connectivity index (χ0) is 18.9. The SMILES string of the molecule is Cc1nccc(-c2cccc(-c3noc(CN4CC5CCCCC5C4)n3)c2)n1. The predicted octanol–water partition coefficient (Wildman–Crippen LogP) is 4.12. The molecule has 144 valence electrons. The van der Waals surface area contributed by atoms with Crippen molar-refractivity contribution in [3.05, 3.63) is 48.2 Å². The van der Waals surface area contributed by atoms with Crippen molar-refractivity contribution in [1.29, 1.82) is 0 Å². The van der Waals surface area contributed by atoms with Crippen molar-refractivity contribution in [2.45, 2.75) is 39.2 Å². The fourth-order valence-corrected chi connectivity index (χ4v) is 4.69. The monoisotopic (exact) mass is 375 g/mol. The van der Waals surface area contributed by atoms with Crippen LogP contribution in [0.3, 0.4) is 0 Å². The molecular formula is C22H25N5O. The van der Waals surface area contributed by atoms with Gasteiger partial charge in [-0.05, 0) is 43.7 Å². The Bertz CT molecular complexity index is 955. The van der Waals surface area contributed by atoms with Crippen LogP contribution in [0.25, 0.3) is 22.6 Å². The second kappa shape index (κ2) is 7.43. The van der Waals surface area contributed by atoms with Crippen molar-refractivity contribution in [2.75, 3.05) is 13.1 Å². The Morgan fingerprint density at radius 1 is 1.04 bits per heavy atom. The molecule has 0 bridgehead atoms. The van der Waals surface area contributed by atoms with Crippen LogP contribution in [0, 0.1) is 18.8 Å². The van der Waals surface area contributed by atoms with Gasteiger partial charge >= 0.3 is 0 Å². The summed E-state index contributed by atoms with van der Waals surface area (Å²) in [6, 6.07) is 10.0. The van der Waals surface area contributed by atoms with Crippen LogP contribution in [0.2, 0.25) is 0 Å². The van der Waals surface area contributed by atoms with Gasteiger partial charge in [0.2, 0.25) is 11.7 Å². The van der Waals surface area contributed by atoms with Crippen molar-refractivity contribution < 1.29 is 4.52 Å². The highest BCUT2D eigenvalue weighted by molar-refractivity contribution is 5.67. The highest BCUT2D eigenvalue weighted by Crippen LogP contribution is 2.36. The summed E-state index contributed by atoms with van der Waals surface area (Å²) < 4.78 is 5.57. The molecule has 6 nitrogen and oxygen atoms in total. The van der Waals surface area contributed by atoms with Crippen LogP contribution < -0.4 is 0 Å². The lowest BCUT2D eigenvalue weighted by Crippen LogP contribution is -2.20. The molecule has 1 aliphatic heterocycles. The Morgan fingerprint density at radius 3 is 2.61 bits per heavy atom. The molecule has 2 aromatic heterocycles. The first kappa shape index (κ1) is 17.5. The standard InChI is InChI=1S/C22H25N5O/c1-15-23-10-9-20(24-15)16-7-4-8-17(11-16)22-25-21(28-26-22)14-27-12-18-5-2-3-6-19(18)13-27/h4,7-11,18-19H,2-3,5-6,12-14H2,1H3. The van der Waals surface area contributed by atoms with E-state index in [0.717, 1.165) is 41.0 Å². The van der Waals surface area contributed by atoms with Gasteiger partial charge in [-0.15, -0.1) is 0 Å². The summed E-state index contributed by atoms with van der Waals surface area (Å²) in [6.45, 7) is 4.99. The molecule has 5 rings (SSSR count). The summed E-state index contributed by atoms with van der Waals surface area (Å²) in [7, 11) is 0. The molecule has 0 radical (unpaired) electrons. The number of aryl methyl sites for hydroxylation is 1. The van der Waals surface area contributed by atoms with Crippen molar-refractivity contribution in [2.24, 2.45) is 11.8 Å². The largest absolute Gasteiger partial charge is 0.338 e. The second-order valence-corrected chi connectivity index (χ2v) is 8.08. The van der Waals surface area contributed by atoms with Gasteiger partial charge in [0.15, 0.2) is 0 Å². The Balaban J connectivity index is 1.32. The molecule has 2 aliphatic rings. The Labute approximate surface area is 165 Å². The number of nitrogens with zero attached hydrogens (tertiary/aromatic N) is 5. The van der Waals surface area contributed by atoms with Gasteiger partial charge in [-0.3, -0.25) is 4.90 Å². The minimum absolute atomic E-state index is 0.638. The van der Waals surface area contributed by atoms with E-state index in [0.29, 0.717) is 11.7 Å². The number of rotatable bonds is 4. The number of benzene rings is 1. The van der Waals surface area contributed by atoms with Gasteiger partial charge in [0.05, 0.1) is 12.2 Å². The van der Waals surface area contributed by atoms with E-state index in [1.54, 1.807) is 6.20 Å². The summed E-state index contributed by atoms with van der Waals surface area (Å²) in [5.74, 6) is 3.83. The van der Waals surface area contributed by atoms with E-state index < -0.39 is 0 Å². The van der Waals surface area contributed by atoms with Crippen LogP contribution in [-0.4, -0.2) is 38.1 Å². The highest BCUT2D eigenvalue weighted by atomic mass is 16.5. The van der Waals surface area contributed by atoms with Crippen LogP contribution in [0.1, 0.15) is 37.4 Å². The molecular weight excluding hydrogens is 350 g/mol. The summed E-state index contributed by atoms with van der Waals surface area (Å²) in [4.78, 5) is 15.8. The van der Waals surface area contributed by atoms with E-state index in [2.05, 4.69) is 31.1 Å². The van der Waals surface area contributed by atoms with Gasteiger partial charge < -0.3 is 4.52 Å². The summed E-state index contributed by atoms with van der Waals surface area (Å²) in [5.41, 5.74) is 2.87. The molecule has 0 spiro atoms. The van der Waals surface area contributed by atoms with Gasteiger partial charge in [-0.25, -0.2) is 9.97 Å². The topological polar surface area (TPSA) is 67.9 Å². The van der Waals surface area contributed by atoms with Crippen LogP contribution >= 0.6 is 0 Å². The Morgan fingerprint density at radius 2 is 1.82 bits per heavy atom. The van der Waals surface area contributed by atoms with Crippen LogP contribution in [-0.2, 0) is 6.54 Å². The van der Waals surface area contributed by atoms with Gasteiger partial charge in [-0.2, -0.15) is 4.98 Å². The molecule has 28 heavy (non-hydrogen) atoms. The quantitative estimate of drug-likeness (QED) is 0.683. The van der Waals surface area contributed by atoms with Crippen molar-refractivity contribution in [3.8, 4) is 22.6 Å². The zero-order valence-corrected chi connectivity index (χ0v) is 16.2. The molecule has 2 unspecified atom stereocenters. The van der Waals surface area contributed by atoms with Crippen LogP contribution in [0.5, 0.6) is 0 Å². The smallest absolute Gasteiger partial charge is 0.241 e. The third kappa shape index (κ3) is 3.56. The van der Waals surface area contributed by atoms with Crippen molar-refractivity contribution >= 4 is 0 Å². The molecule has 3 heterocycles. The molecule has 0 N–H and O–H groups in total. The number of likely N-dealkylation sites (tertiary alicyclic amines) is 1. The number of hydrogen-bond acceptors (Lipinski definition) is 6. The second-order valence-electron chi connectivity index (χ2n) is 8.08. The number of fused-ring (bicyclic) bond motifs is 1. The Hall–Kier alpha value is -2.60. The number of aromatic nitrogens is 4. The van der Waals surface area contributed by atoms with Crippen molar-refractivity contribution in [3.63, 3.8) is 0 Å². The first-order valence-electron chi connectivity index (χ1n) is 10.2. The third-order valence-electron chi connectivity index (χ3n) is 6.07. The first-order valence-corrected chi connectivity index (χ1v) is 10.2. The fraction of sp³-hybridized carbons (Fsp3) is 0.455. The molecule has 2 fully saturated rings. The lowest BCUT2D eigenvalue weighted by atomic mass is 9.82. The van der Waals surface area contributed by atoms with E-state index in [1.165, 1.54) is 38.8 Å². The van der Waals surface area contributed by atoms with Gasteiger partial charge in [0.25, 0.3) is 0 Å². The van der Waals surface area contributed by atoms with E-state index in [1.807, 2.05) is 31.2 Å². The highest BCUT2D eigenvalue weighted by Gasteiger charge is 2.34. The van der Waals surface area contributed by atoms with E-state index >= 15 is 0 Å². The average molecular weight is 375 g/mol. The number of hydrogen-bond donors (Lipinski definition) is 0. The van der Waals surface area contributed by atoms with Gasteiger partial charge in [-0.1, -0.05) is 36.2 Å². The predicted molar refractivity (Wildman–Crippen MR) is 106 cm³/mol. The molecule has 0 amide bonds. The van der Waals surface area contributed by atoms with Crippen LogP contribution in [0.15, 0.2) is 41.1 Å². The Kier molecular flexibility index (Phi) is 4.64. The molecule has 6 heteroatoms. The molecule has 3 aromatic rings. The summed E-state index contributed by atoms with van der Waals surface area (Å²) >= 11 is 0. The maximum absolute atomic E-state index is 5.57. The van der Waals surface area contributed by atoms with Gasteiger partial charge in [0, 0.05) is 30.4 Å². The molecule has 1 aromatic carbocycles. The van der Waals surface area contributed by atoms with E-state index in [9.17, 15) is 0 Å². The van der Waals surface area contributed by atoms with Crippen LogP contribution in [0.4, 0.5) is 0 Å². The third-order valence-corrected chi connectivity index (χ3v) is 6.07. The molecule has 2 atom stereocenters. The minimum atomic E-state index is 0.638. The maximum atomic E-state index is 5.57. The van der Waals surface area contributed by atoms with E-state index in [4.69, 9.17) is 4.52 Å². The normalized spacial score (nSPS) is 22.3. The molecule has 1 saturated carbocycles. The first-order chi connectivity index (χ1) is 13.7. The maximum Gasteiger partial charge on any atom is 0.241 e. The average Bonchev–Trinajstić information content (AvgIpc) is 3.35. The molecule has 1 saturated heterocycles. The summed E-state index contributed by atoms with van der Waals surface area (Å²) in [5, 5.41) is 4.23. The lowest BCUT2D eigenvalue weighted by molar-refractivity contribution is 0.258. The zero-order valence-electron chi connectivity index (χ0n) is 16.2. The molecule has 1 aliphatic carbocycles. The van der Waals surface area contributed by atoms with E-state index in [-0.39, 0.29) is 0 Å². The van der Waals surface area contributed by atoms with Crippen molar-refractivity contribution in [1.82, 2.24) is 25.0 Å².